The number of hydrogen-bond acceptors (Lipinski definition) is 3. The second kappa shape index (κ2) is 5.98. The van der Waals surface area contributed by atoms with Crippen LogP contribution in [0.4, 0.5) is 0 Å². The number of rotatable bonds is 1. The van der Waals surface area contributed by atoms with Crippen LogP contribution in [-0.4, -0.2) is 21.5 Å². The maximum Gasteiger partial charge on any atom is 0.238 e. The van der Waals surface area contributed by atoms with Crippen LogP contribution in [0.3, 0.4) is 0 Å². The van der Waals surface area contributed by atoms with Gasteiger partial charge in [0.05, 0.1) is 4.90 Å². The number of aryl methyl sites for hydroxylation is 1. The smallest absolute Gasteiger partial charge is 0.238 e. The fourth-order valence-corrected chi connectivity index (χ4v) is 1.87. The third kappa shape index (κ3) is 4.74. The van der Waals surface area contributed by atoms with Crippen molar-refractivity contribution in [2.24, 2.45) is 5.14 Å². The second-order valence-corrected chi connectivity index (χ2v) is 5.38. The molecule has 3 N–H and O–H groups in total. The van der Waals surface area contributed by atoms with Crippen molar-refractivity contribution in [1.82, 2.24) is 5.32 Å². The molecule has 16 heavy (non-hydrogen) atoms. The van der Waals surface area contributed by atoms with Gasteiger partial charge < -0.3 is 5.32 Å². The Labute approximate surface area is 96.9 Å². The maximum absolute atomic E-state index is 10.7. The average molecular weight is 242 g/mol. The number of nitrogens with one attached hydrogen (secondary N) is 1. The van der Waals surface area contributed by atoms with E-state index in [0.29, 0.717) is 0 Å². The van der Waals surface area contributed by atoms with Gasteiger partial charge in [-0.3, -0.25) is 0 Å². The topological polar surface area (TPSA) is 72.2 Å². The van der Waals surface area contributed by atoms with Crippen LogP contribution in [0.2, 0.25) is 0 Å². The zero-order valence-electron chi connectivity index (χ0n) is 9.44. The highest BCUT2D eigenvalue weighted by atomic mass is 32.2. The SMILES string of the molecule is C1CCNC1.Cc1ccc(S(N)(=O)=O)cc1. The Bertz CT molecular complexity index is 401. The summed E-state index contributed by atoms with van der Waals surface area (Å²) in [6.07, 6.45) is 2.78. The largest absolute Gasteiger partial charge is 0.317 e. The number of benzene rings is 1. The van der Waals surface area contributed by atoms with Gasteiger partial charge in [-0.15, -0.1) is 0 Å². The monoisotopic (exact) mass is 242 g/mol. The summed E-state index contributed by atoms with van der Waals surface area (Å²) in [6, 6.07) is 6.40. The van der Waals surface area contributed by atoms with Crippen LogP contribution in [0.1, 0.15) is 18.4 Å². The van der Waals surface area contributed by atoms with Gasteiger partial charge >= 0.3 is 0 Å². The summed E-state index contributed by atoms with van der Waals surface area (Å²) in [5, 5.41) is 8.10. The highest BCUT2D eigenvalue weighted by Crippen LogP contribution is 2.06. The van der Waals surface area contributed by atoms with Gasteiger partial charge in [-0.05, 0) is 45.0 Å². The fourth-order valence-electron chi connectivity index (χ4n) is 1.35. The maximum atomic E-state index is 10.7. The molecule has 0 bridgehead atoms. The van der Waals surface area contributed by atoms with Gasteiger partial charge in [0.15, 0.2) is 0 Å². The molecule has 0 spiro atoms. The van der Waals surface area contributed by atoms with Crippen LogP contribution in [0.15, 0.2) is 29.2 Å². The van der Waals surface area contributed by atoms with E-state index >= 15 is 0 Å². The molecule has 0 aromatic heterocycles. The molecule has 0 aliphatic carbocycles. The third-order valence-corrected chi connectivity index (χ3v) is 3.24. The Morgan fingerprint density at radius 3 is 1.94 bits per heavy atom. The van der Waals surface area contributed by atoms with Gasteiger partial charge in [-0.1, -0.05) is 17.7 Å². The van der Waals surface area contributed by atoms with E-state index in [1.54, 1.807) is 12.1 Å². The summed E-state index contributed by atoms with van der Waals surface area (Å²) >= 11 is 0. The van der Waals surface area contributed by atoms with Crippen LogP contribution < -0.4 is 10.5 Å². The van der Waals surface area contributed by atoms with Gasteiger partial charge in [0.1, 0.15) is 0 Å². The molecule has 0 amide bonds. The molecule has 1 aromatic carbocycles. The van der Waals surface area contributed by atoms with Crippen molar-refractivity contribution in [1.29, 1.82) is 0 Å². The van der Waals surface area contributed by atoms with E-state index in [-0.39, 0.29) is 4.90 Å². The van der Waals surface area contributed by atoms with Crippen LogP contribution in [0.5, 0.6) is 0 Å². The minimum atomic E-state index is -3.52. The van der Waals surface area contributed by atoms with Crippen LogP contribution in [0.25, 0.3) is 0 Å². The Morgan fingerprint density at radius 1 is 1.12 bits per heavy atom. The molecule has 1 aliphatic heterocycles. The molecule has 1 heterocycles. The molecule has 1 aromatic rings. The van der Waals surface area contributed by atoms with Crippen molar-refractivity contribution in [2.75, 3.05) is 13.1 Å². The highest BCUT2D eigenvalue weighted by molar-refractivity contribution is 7.89. The Hall–Kier alpha value is -0.910. The summed E-state index contributed by atoms with van der Waals surface area (Å²) < 4.78 is 21.4. The Morgan fingerprint density at radius 2 is 1.62 bits per heavy atom. The highest BCUT2D eigenvalue weighted by Gasteiger charge is 2.04. The molecular weight excluding hydrogens is 224 g/mol. The Kier molecular flexibility index (Phi) is 4.92. The molecule has 0 unspecified atom stereocenters. The van der Waals surface area contributed by atoms with E-state index in [0.717, 1.165) is 5.56 Å². The second-order valence-electron chi connectivity index (χ2n) is 3.82. The normalized spacial score (nSPS) is 15.4. The molecule has 0 atom stereocenters. The van der Waals surface area contributed by atoms with E-state index in [1.807, 2.05) is 6.92 Å². The number of nitrogens with two attached hydrogens (primary N) is 1. The van der Waals surface area contributed by atoms with Crippen molar-refractivity contribution in [3.63, 3.8) is 0 Å². The lowest BCUT2D eigenvalue weighted by Crippen LogP contribution is -2.11. The molecular formula is C11H18N2O2S. The number of primary sulfonamides is 1. The van der Waals surface area contributed by atoms with Gasteiger partial charge in [-0.25, -0.2) is 13.6 Å². The van der Waals surface area contributed by atoms with E-state index in [1.165, 1.54) is 38.1 Å². The lowest BCUT2D eigenvalue weighted by atomic mass is 10.2. The van der Waals surface area contributed by atoms with Gasteiger partial charge in [0.2, 0.25) is 10.0 Å². The first-order valence-corrected chi connectivity index (χ1v) is 6.85. The average Bonchev–Trinajstić information content (AvgIpc) is 2.74. The van der Waals surface area contributed by atoms with Crippen molar-refractivity contribution >= 4 is 10.0 Å². The minimum Gasteiger partial charge on any atom is -0.317 e. The molecule has 1 aliphatic rings. The number of hydrogen-bond donors (Lipinski definition) is 2. The zero-order chi connectivity index (χ0) is 12.0. The predicted molar refractivity (Wildman–Crippen MR) is 64.7 cm³/mol. The molecule has 0 saturated carbocycles. The van der Waals surface area contributed by atoms with Crippen molar-refractivity contribution in [3.8, 4) is 0 Å². The van der Waals surface area contributed by atoms with Crippen LogP contribution >= 0.6 is 0 Å². The first-order valence-electron chi connectivity index (χ1n) is 5.30. The van der Waals surface area contributed by atoms with Crippen molar-refractivity contribution < 1.29 is 8.42 Å². The minimum absolute atomic E-state index is 0.156. The molecule has 1 fully saturated rings. The van der Waals surface area contributed by atoms with Gasteiger partial charge in [0.25, 0.3) is 0 Å². The quantitative estimate of drug-likeness (QED) is 0.772. The summed E-state index contributed by atoms with van der Waals surface area (Å²) in [6.45, 7) is 4.38. The van der Waals surface area contributed by atoms with E-state index in [9.17, 15) is 8.42 Å². The van der Waals surface area contributed by atoms with Gasteiger partial charge in [0, 0.05) is 0 Å². The molecule has 5 heteroatoms. The van der Waals surface area contributed by atoms with Crippen LogP contribution in [-0.2, 0) is 10.0 Å². The molecule has 2 rings (SSSR count). The van der Waals surface area contributed by atoms with Gasteiger partial charge in [-0.2, -0.15) is 0 Å². The van der Waals surface area contributed by atoms with E-state index in [4.69, 9.17) is 5.14 Å². The standard InChI is InChI=1S/C7H9NO2S.C4H9N/c1-6-2-4-7(5-3-6)11(8,9)10;1-2-4-5-3-1/h2-5H,1H3,(H2,8,9,10);5H,1-4H2. The lowest BCUT2D eigenvalue weighted by molar-refractivity contribution is 0.598. The van der Waals surface area contributed by atoms with E-state index in [2.05, 4.69) is 5.32 Å². The first-order chi connectivity index (χ1) is 7.50. The Balaban J connectivity index is 0.000000212. The first kappa shape index (κ1) is 13.2. The summed E-state index contributed by atoms with van der Waals surface area (Å²) in [5.41, 5.74) is 1.01. The summed E-state index contributed by atoms with van der Waals surface area (Å²) in [5.74, 6) is 0. The summed E-state index contributed by atoms with van der Waals surface area (Å²) in [7, 11) is -3.52. The lowest BCUT2D eigenvalue weighted by Gasteiger charge is -1.96. The molecule has 4 nitrogen and oxygen atoms in total. The molecule has 90 valence electrons. The summed E-state index contributed by atoms with van der Waals surface area (Å²) in [4.78, 5) is 0.156. The third-order valence-electron chi connectivity index (χ3n) is 2.31. The number of sulfonamides is 1. The predicted octanol–water partition coefficient (Wildman–Crippen LogP) is 1.01. The fraction of sp³-hybridized carbons (Fsp3) is 0.455. The van der Waals surface area contributed by atoms with Crippen LogP contribution in [0, 0.1) is 6.92 Å². The van der Waals surface area contributed by atoms with Crippen molar-refractivity contribution in [2.45, 2.75) is 24.7 Å². The molecule has 1 saturated heterocycles. The molecule has 0 radical (unpaired) electrons. The zero-order valence-corrected chi connectivity index (χ0v) is 10.3. The van der Waals surface area contributed by atoms with E-state index < -0.39 is 10.0 Å². The van der Waals surface area contributed by atoms with Crippen molar-refractivity contribution in [3.05, 3.63) is 29.8 Å².